The number of halogens is 1. The monoisotopic (exact) mass is 296 g/mol. The molecule has 2 nitrogen and oxygen atoms in total. The molecule has 3 heteroatoms. The molecule has 20 heavy (non-hydrogen) atoms. The van der Waals surface area contributed by atoms with Crippen molar-refractivity contribution in [1.29, 1.82) is 0 Å². The number of unbranched alkanes of at least 4 members (excludes halogenated alkanes) is 5. The smallest absolute Gasteiger partial charge is 0.0441 e. The largest absolute Gasteiger partial charge is 0.271 e. The predicted molar refractivity (Wildman–Crippen MR) is 89.0 cm³/mol. The molecule has 0 aliphatic heterocycles. The third-order valence-corrected chi connectivity index (χ3v) is 4.17. The van der Waals surface area contributed by atoms with E-state index in [1.165, 1.54) is 49.7 Å². The highest BCUT2D eigenvalue weighted by molar-refractivity contribution is 6.31. The summed E-state index contributed by atoms with van der Waals surface area (Å²) in [7, 11) is 0. The Labute approximate surface area is 129 Å². The molecule has 0 aromatic heterocycles. The number of hydrogen-bond acceptors (Lipinski definition) is 2. The first-order valence-corrected chi connectivity index (χ1v) is 8.26. The number of hydrogen-bond donors (Lipinski definition) is 2. The van der Waals surface area contributed by atoms with Crippen LogP contribution in [0.25, 0.3) is 0 Å². The van der Waals surface area contributed by atoms with Gasteiger partial charge in [0.15, 0.2) is 0 Å². The van der Waals surface area contributed by atoms with Crippen LogP contribution in [0, 0.1) is 6.92 Å². The summed E-state index contributed by atoms with van der Waals surface area (Å²) in [5.41, 5.74) is 5.32. The summed E-state index contributed by atoms with van der Waals surface area (Å²) < 4.78 is 0. The standard InChI is InChI=1S/C17H29ClN2/c1-3-4-5-6-7-8-9-16(20-19)13-15-11-10-14(2)12-17(15)18/h10-12,16,20H,3-9,13,19H2,1-2H3. The van der Waals surface area contributed by atoms with Gasteiger partial charge in [-0.1, -0.05) is 69.2 Å². The minimum absolute atomic E-state index is 0.321. The van der Waals surface area contributed by atoms with Crippen LogP contribution in [0.5, 0.6) is 0 Å². The molecule has 0 amide bonds. The van der Waals surface area contributed by atoms with Crippen LogP contribution in [0.15, 0.2) is 18.2 Å². The fourth-order valence-electron chi connectivity index (χ4n) is 2.50. The Morgan fingerprint density at radius 2 is 1.85 bits per heavy atom. The van der Waals surface area contributed by atoms with E-state index in [1.807, 2.05) is 6.07 Å². The molecule has 0 saturated carbocycles. The summed E-state index contributed by atoms with van der Waals surface area (Å²) in [6, 6.07) is 6.57. The molecule has 0 aliphatic carbocycles. The normalized spacial score (nSPS) is 12.6. The number of nitrogens with one attached hydrogen (secondary N) is 1. The van der Waals surface area contributed by atoms with Crippen molar-refractivity contribution in [1.82, 2.24) is 5.43 Å². The Hall–Kier alpha value is -0.570. The van der Waals surface area contributed by atoms with Gasteiger partial charge in [-0.3, -0.25) is 11.3 Å². The first-order chi connectivity index (χ1) is 9.67. The first kappa shape index (κ1) is 17.5. The van der Waals surface area contributed by atoms with E-state index >= 15 is 0 Å². The number of benzene rings is 1. The number of hydrazine groups is 1. The summed E-state index contributed by atoms with van der Waals surface area (Å²) in [6.07, 6.45) is 9.94. The quantitative estimate of drug-likeness (QED) is 0.371. The number of nitrogens with two attached hydrogens (primary N) is 1. The lowest BCUT2D eigenvalue weighted by molar-refractivity contribution is 0.459. The summed E-state index contributed by atoms with van der Waals surface area (Å²) >= 11 is 6.28. The van der Waals surface area contributed by atoms with E-state index in [0.29, 0.717) is 6.04 Å². The van der Waals surface area contributed by atoms with E-state index in [2.05, 4.69) is 31.4 Å². The van der Waals surface area contributed by atoms with Crippen molar-refractivity contribution < 1.29 is 0 Å². The van der Waals surface area contributed by atoms with E-state index < -0.39 is 0 Å². The van der Waals surface area contributed by atoms with Crippen LogP contribution in [0.1, 0.15) is 63.0 Å². The first-order valence-electron chi connectivity index (χ1n) is 7.88. The fraction of sp³-hybridized carbons (Fsp3) is 0.647. The van der Waals surface area contributed by atoms with Crippen molar-refractivity contribution in [3.05, 3.63) is 34.3 Å². The Balaban J connectivity index is 2.31. The molecule has 0 aliphatic rings. The minimum atomic E-state index is 0.321. The van der Waals surface area contributed by atoms with Crippen LogP contribution < -0.4 is 11.3 Å². The number of aryl methyl sites for hydroxylation is 1. The zero-order valence-corrected chi connectivity index (χ0v) is 13.7. The van der Waals surface area contributed by atoms with Gasteiger partial charge in [0.2, 0.25) is 0 Å². The molecular weight excluding hydrogens is 268 g/mol. The maximum Gasteiger partial charge on any atom is 0.0441 e. The zero-order chi connectivity index (χ0) is 14.8. The Bertz CT molecular complexity index is 379. The summed E-state index contributed by atoms with van der Waals surface area (Å²) in [5, 5.41) is 0.855. The summed E-state index contributed by atoms with van der Waals surface area (Å²) in [4.78, 5) is 0. The van der Waals surface area contributed by atoms with Crippen LogP contribution in [0.2, 0.25) is 5.02 Å². The lowest BCUT2D eigenvalue weighted by Gasteiger charge is -2.17. The SMILES string of the molecule is CCCCCCCCC(Cc1ccc(C)cc1Cl)NN. The highest BCUT2D eigenvalue weighted by Gasteiger charge is 2.10. The second-order valence-electron chi connectivity index (χ2n) is 5.72. The predicted octanol–water partition coefficient (Wildman–Crippen LogP) is 4.77. The maximum atomic E-state index is 6.28. The average molecular weight is 297 g/mol. The third-order valence-electron chi connectivity index (χ3n) is 3.82. The van der Waals surface area contributed by atoms with Gasteiger partial charge in [0, 0.05) is 11.1 Å². The van der Waals surface area contributed by atoms with Gasteiger partial charge < -0.3 is 0 Å². The molecule has 1 atom stereocenters. The summed E-state index contributed by atoms with van der Waals surface area (Å²) in [5.74, 6) is 5.67. The molecule has 0 spiro atoms. The van der Waals surface area contributed by atoms with Gasteiger partial charge in [-0.05, 0) is 37.0 Å². The highest BCUT2D eigenvalue weighted by atomic mass is 35.5. The van der Waals surface area contributed by atoms with Crippen LogP contribution in [-0.2, 0) is 6.42 Å². The van der Waals surface area contributed by atoms with Crippen LogP contribution in [-0.4, -0.2) is 6.04 Å². The average Bonchev–Trinajstić information content (AvgIpc) is 2.43. The van der Waals surface area contributed by atoms with Crippen molar-refractivity contribution in [2.24, 2.45) is 5.84 Å². The van der Waals surface area contributed by atoms with Crippen molar-refractivity contribution >= 4 is 11.6 Å². The minimum Gasteiger partial charge on any atom is -0.271 e. The van der Waals surface area contributed by atoms with Gasteiger partial charge in [-0.2, -0.15) is 0 Å². The third kappa shape index (κ3) is 6.74. The van der Waals surface area contributed by atoms with Gasteiger partial charge in [-0.25, -0.2) is 0 Å². The van der Waals surface area contributed by atoms with Crippen LogP contribution >= 0.6 is 11.6 Å². The van der Waals surface area contributed by atoms with E-state index in [-0.39, 0.29) is 0 Å². The van der Waals surface area contributed by atoms with Crippen LogP contribution in [0.4, 0.5) is 0 Å². The fourth-order valence-corrected chi connectivity index (χ4v) is 2.81. The molecule has 0 saturated heterocycles. The second kappa shape index (κ2) is 10.2. The molecule has 3 N–H and O–H groups in total. The molecule has 0 heterocycles. The van der Waals surface area contributed by atoms with Gasteiger partial charge in [0.1, 0.15) is 0 Å². The van der Waals surface area contributed by atoms with E-state index in [1.54, 1.807) is 0 Å². The lowest BCUT2D eigenvalue weighted by Crippen LogP contribution is -2.36. The maximum absolute atomic E-state index is 6.28. The van der Waals surface area contributed by atoms with Gasteiger partial charge in [-0.15, -0.1) is 0 Å². The number of rotatable bonds is 10. The Morgan fingerprint density at radius 3 is 2.50 bits per heavy atom. The molecular formula is C17H29ClN2. The van der Waals surface area contributed by atoms with Crippen molar-refractivity contribution in [2.75, 3.05) is 0 Å². The molecule has 0 bridgehead atoms. The topological polar surface area (TPSA) is 38.0 Å². The summed E-state index contributed by atoms with van der Waals surface area (Å²) in [6.45, 7) is 4.31. The highest BCUT2D eigenvalue weighted by Crippen LogP contribution is 2.20. The zero-order valence-electron chi connectivity index (χ0n) is 12.9. The van der Waals surface area contributed by atoms with Gasteiger partial charge >= 0.3 is 0 Å². The van der Waals surface area contributed by atoms with Gasteiger partial charge in [0.05, 0.1) is 0 Å². The Morgan fingerprint density at radius 1 is 1.15 bits per heavy atom. The molecule has 114 valence electrons. The van der Waals surface area contributed by atoms with Crippen molar-refractivity contribution in [3.8, 4) is 0 Å². The molecule has 0 fully saturated rings. The van der Waals surface area contributed by atoms with Gasteiger partial charge in [0.25, 0.3) is 0 Å². The molecule has 0 radical (unpaired) electrons. The van der Waals surface area contributed by atoms with E-state index in [0.717, 1.165) is 17.9 Å². The van der Waals surface area contributed by atoms with Crippen LogP contribution in [0.3, 0.4) is 0 Å². The van der Waals surface area contributed by atoms with Crippen molar-refractivity contribution in [2.45, 2.75) is 71.3 Å². The molecule has 1 aromatic carbocycles. The van der Waals surface area contributed by atoms with E-state index in [4.69, 9.17) is 17.4 Å². The molecule has 1 rings (SSSR count). The Kier molecular flexibility index (Phi) is 8.92. The second-order valence-corrected chi connectivity index (χ2v) is 6.13. The van der Waals surface area contributed by atoms with Crippen molar-refractivity contribution in [3.63, 3.8) is 0 Å². The molecule has 1 aromatic rings. The lowest BCUT2D eigenvalue weighted by atomic mass is 9.99. The molecule has 1 unspecified atom stereocenters. The van der Waals surface area contributed by atoms with E-state index in [9.17, 15) is 0 Å².